The third-order valence-electron chi connectivity index (χ3n) is 6.14. The zero-order valence-electron chi connectivity index (χ0n) is 17.9. The van der Waals surface area contributed by atoms with E-state index < -0.39 is 0 Å². The smallest absolute Gasteiger partial charge is 0.351 e. The molecule has 0 amide bonds. The molecule has 32 heavy (non-hydrogen) atoms. The number of hydrazine groups is 1. The largest absolute Gasteiger partial charge is 0.486 e. The Morgan fingerprint density at radius 3 is 2.91 bits per heavy atom. The van der Waals surface area contributed by atoms with Gasteiger partial charge in [-0.15, -0.1) is 0 Å². The van der Waals surface area contributed by atoms with Crippen molar-refractivity contribution >= 4 is 5.84 Å². The first-order valence-corrected chi connectivity index (χ1v) is 11.1. The molecule has 1 aliphatic carbocycles. The molecule has 3 aliphatic rings. The van der Waals surface area contributed by atoms with Crippen molar-refractivity contribution < 1.29 is 14.2 Å². The maximum atomic E-state index is 12.6. The number of hydrogen-bond donors (Lipinski definition) is 2. The number of nitrogens with zero attached hydrogens (tertiary/aromatic N) is 4. The van der Waals surface area contributed by atoms with Gasteiger partial charge in [0.2, 0.25) is 5.88 Å². The number of benzene rings is 1. The summed E-state index contributed by atoms with van der Waals surface area (Å²) in [6, 6.07) is 7.95. The lowest BCUT2D eigenvalue weighted by Gasteiger charge is -2.23. The minimum Gasteiger partial charge on any atom is -0.486 e. The van der Waals surface area contributed by atoms with Gasteiger partial charge in [0.1, 0.15) is 19.0 Å². The van der Waals surface area contributed by atoms with Gasteiger partial charge in [-0.1, -0.05) is 0 Å². The number of nitrogens with two attached hydrogens (primary N) is 2. The zero-order valence-corrected chi connectivity index (χ0v) is 17.9. The van der Waals surface area contributed by atoms with Gasteiger partial charge in [-0.2, -0.15) is 10.1 Å². The summed E-state index contributed by atoms with van der Waals surface area (Å²) < 4.78 is 19.0. The quantitative estimate of drug-likeness (QED) is 0.282. The van der Waals surface area contributed by atoms with E-state index in [0.717, 1.165) is 49.1 Å². The van der Waals surface area contributed by atoms with Crippen LogP contribution in [0, 0.1) is 0 Å². The van der Waals surface area contributed by atoms with E-state index in [1.165, 1.54) is 0 Å². The fourth-order valence-corrected chi connectivity index (χ4v) is 4.19. The van der Waals surface area contributed by atoms with E-state index in [4.69, 9.17) is 25.9 Å². The van der Waals surface area contributed by atoms with Crippen molar-refractivity contribution in [1.29, 1.82) is 0 Å². The minimum atomic E-state index is -0.303. The highest BCUT2D eigenvalue weighted by Crippen LogP contribution is 2.32. The number of hydrazone groups is 1. The number of aryl methyl sites for hydroxylation is 1. The fourth-order valence-electron chi connectivity index (χ4n) is 4.19. The molecule has 10 nitrogen and oxygen atoms in total. The first-order chi connectivity index (χ1) is 15.6. The second-order valence-electron chi connectivity index (χ2n) is 8.40. The van der Waals surface area contributed by atoms with Crippen LogP contribution in [0.5, 0.6) is 11.6 Å². The summed E-state index contributed by atoms with van der Waals surface area (Å²) in [6.45, 7) is 1.91. The second kappa shape index (κ2) is 8.79. The first-order valence-electron chi connectivity index (χ1n) is 11.1. The van der Waals surface area contributed by atoms with E-state index in [0.29, 0.717) is 43.1 Å². The summed E-state index contributed by atoms with van der Waals surface area (Å²) in [7, 11) is 0. The highest BCUT2D eigenvalue weighted by molar-refractivity contribution is 5.83. The molecule has 4 N–H and O–H groups in total. The van der Waals surface area contributed by atoms with Gasteiger partial charge in [0.15, 0.2) is 5.84 Å². The number of amidine groups is 1. The van der Waals surface area contributed by atoms with Crippen molar-refractivity contribution in [2.45, 2.75) is 50.8 Å². The Labute approximate surface area is 185 Å². The number of rotatable bonds is 7. The van der Waals surface area contributed by atoms with E-state index in [1.54, 1.807) is 9.58 Å². The van der Waals surface area contributed by atoms with Gasteiger partial charge in [0.05, 0.1) is 11.8 Å². The Morgan fingerprint density at radius 2 is 2.16 bits per heavy atom. The van der Waals surface area contributed by atoms with E-state index >= 15 is 0 Å². The number of aromatic nitrogens is 2. The first kappa shape index (κ1) is 20.8. The molecule has 2 aliphatic heterocycles. The van der Waals surface area contributed by atoms with Gasteiger partial charge >= 0.3 is 5.69 Å². The molecule has 3 heterocycles. The Bertz CT molecular complexity index is 1070. The summed E-state index contributed by atoms with van der Waals surface area (Å²) in [5, 5.41) is 5.36. The molecule has 2 aromatic rings. The molecule has 0 bridgehead atoms. The molecule has 1 atom stereocenters. The molecule has 1 saturated carbocycles. The molecule has 1 aromatic carbocycles. The lowest BCUT2D eigenvalue weighted by molar-refractivity contribution is 0.0661. The molecular weight excluding hydrogens is 412 g/mol. The summed E-state index contributed by atoms with van der Waals surface area (Å²) in [4.78, 5) is 16.7. The van der Waals surface area contributed by atoms with Gasteiger partial charge in [0.25, 0.3) is 0 Å². The van der Waals surface area contributed by atoms with Crippen molar-refractivity contribution in [3.63, 3.8) is 0 Å². The van der Waals surface area contributed by atoms with Crippen molar-refractivity contribution in [2.75, 3.05) is 19.8 Å². The predicted molar refractivity (Wildman–Crippen MR) is 118 cm³/mol. The van der Waals surface area contributed by atoms with Gasteiger partial charge in [-0.05, 0) is 55.9 Å². The van der Waals surface area contributed by atoms with Crippen LogP contribution in [0.1, 0.15) is 31.2 Å². The molecule has 0 spiro atoms. The molecule has 1 unspecified atom stereocenters. The molecule has 2 fully saturated rings. The van der Waals surface area contributed by atoms with Crippen LogP contribution in [0.15, 0.2) is 34.2 Å². The van der Waals surface area contributed by atoms with Crippen LogP contribution in [0.25, 0.3) is 11.3 Å². The van der Waals surface area contributed by atoms with E-state index in [9.17, 15) is 4.79 Å². The fraction of sp³-hybridized carbons (Fsp3) is 0.500. The average molecular weight is 441 g/mol. The van der Waals surface area contributed by atoms with Crippen molar-refractivity contribution in [1.82, 2.24) is 14.6 Å². The van der Waals surface area contributed by atoms with Crippen molar-refractivity contribution in [3.8, 4) is 22.9 Å². The molecule has 1 aromatic heterocycles. The van der Waals surface area contributed by atoms with E-state index in [1.807, 2.05) is 24.3 Å². The normalized spacial score (nSPS) is 19.9. The van der Waals surface area contributed by atoms with Crippen molar-refractivity contribution in [3.05, 3.63) is 40.3 Å². The molecular formula is C22H28N6O4. The lowest BCUT2D eigenvalue weighted by Crippen LogP contribution is -2.43. The summed E-state index contributed by atoms with van der Waals surface area (Å²) in [5.41, 5.74) is 2.56. The minimum absolute atomic E-state index is 0.0638. The van der Waals surface area contributed by atoms with Crippen molar-refractivity contribution in [2.24, 2.45) is 16.8 Å². The number of fused-ring (bicyclic) bond motifs is 3. The maximum Gasteiger partial charge on any atom is 0.351 e. The highest BCUT2D eigenvalue weighted by atomic mass is 16.5. The van der Waals surface area contributed by atoms with E-state index in [2.05, 4.69) is 10.1 Å². The summed E-state index contributed by atoms with van der Waals surface area (Å²) in [5.74, 6) is 13.1. The van der Waals surface area contributed by atoms with Gasteiger partial charge in [0, 0.05) is 30.8 Å². The summed E-state index contributed by atoms with van der Waals surface area (Å²) >= 11 is 0. The number of hydrogen-bond acceptors (Lipinski definition) is 8. The molecule has 1 saturated heterocycles. The monoisotopic (exact) mass is 440 g/mol. The van der Waals surface area contributed by atoms with Crippen LogP contribution in [-0.4, -0.2) is 52.4 Å². The van der Waals surface area contributed by atoms with Gasteiger partial charge in [-0.25, -0.2) is 10.6 Å². The predicted octanol–water partition coefficient (Wildman–Crippen LogP) is 1.01. The number of ether oxygens (including phenoxy) is 3. The SMILES string of the molecule is N/N=C(/COc1ccc2c(c1)CCn1c-2cc(OCC2CCCO2)nc1=O)N(N)C1CC1. The Kier molecular flexibility index (Phi) is 5.71. The lowest BCUT2D eigenvalue weighted by atomic mass is 9.97. The molecule has 5 rings (SSSR count). The van der Waals surface area contributed by atoms with Gasteiger partial charge < -0.3 is 20.1 Å². The van der Waals surface area contributed by atoms with Gasteiger partial charge in [-0.3, -0.25) is 9.58 Å². The third kappa shape index (κ3) is 4.28. The summed E-state index contributed by atoms with van der Waals surface area (Å²) in [6.07, 6.45) is 4.86. The average Bonchev–Trinajstić information content (AvgIpc) is 3.53. The maximum absolute atomic E-state index is 12.6. The van der Waals surface area contributed by atoms with Crippen LogP contribution < -0.4 is 26.8 Å². The van der Waals surface area contributed by atoms with Crippen LogP contribution in [-0.2, 0) is 17.7 Å². The molecule has 170 valence electrons. The zero-order chi connectivity index (χ0) is 22.1. The van der Waals surface area contributed by atoms with Crippen LogP contribution in [0.4, 0.5) is 0 Å². The topological polar surface area (TPSA) is 130 Å². The molecule has 0 radical (unpaired) electrons. The van der Waals surface area contributed by atoms with Crippen LogP contribution >= 0.6 is 0 Å². The van der Waals surface area contributed by atoms with E-state index in [-0.39, 0.29) is 18.4 Å². The van der Waals surface area contributed by atoms with Crippen LogP contribution in [0.2, 0.25) is 0 Å². The second-order valence-corrected chi connectivity index (χ2v) is 8.40. The standard InChI is InChI=1S/C22H28N6O4/c23-26-20(28(24)15-3-4-15)13-31-16-5-6-18-14(10-16)7-8-27-19(18)11-21(25-22(27)29)32-12-17-2-1-9-30-17/h5-6,10-11,15,17H,1-4,7-9,12-13,23-24H2/b26-20-. The Morgan fingerprint density at radius 1 is 1.28 bits per heavy atom. The highest BCUT2D eigenvalue weighted by Gasteiger charge is 2.29. The molecule has 10 heteroatoms. The Balaban J connectivity index is 1.32. The van der Waals surface area contributed by atoms with Crippen LogP contribution in [0.3, 0.4) is 0 Å². The Hall–Kier alpha value is -3.11. The third-order valence-corrected chi connectivity index (χ3v) is 6.14.